The van der Waals surface area contributed by atoms with E-state index in [0.717, 1.165) is 26.1 Å². The number of hydrogen-bond donors (Lipinski definition) is 1. The maximum Gasteiger partial charge on any atom is 0.254 e. The Morgan fingerprint density at radius 3 is 2.87 bits per heavy atom. The van der Waals surface area contributed by atoms with Crippen LogP contribution < -0.4 is 10.3 Å². The molecule has 0 spiro atoms. The van der Waals surface area contributed by atoms with Crippen LogP contribution in [-0.4, -0.2) is 19.1 Å². The predicted octanol–water partition coefficient (Wildman–Crippen LogP) is 0.424. The summed E-state index contributed by atoms with van der Waals surface area (Å²) in [4.78, 5) is 11.0. The van der Waals surface area contributed by atoms with Crippen molar-refractivity contribution in [2.24, 2.45) is 5.73 Å². The third kappa shape index (κ3) is 2.33. The molecule has 0 radical (unpaired) electrons. The van der Waals surface area contributed by atoms with Crippen molar-refractivity contribution in [2.75, 3.05) is 13.2 Å². The number of nitrogens with zero attached hydrogens (tertiary/aromatic N) is 1. The van der Waals surface area contributed by atoms with E-state index in [1.807, 2.05) is 18.5 Å². The van der Waals surface area contributed by atoms with Crippen molar-refractivity contribution in [3.05, 3.63) is 30.1 Å². The molecule has 0 aliphatic carbocycles. The second-order valence-electron chi connectivity index (χ2n) is 3.75. The molecule has 1 aromatic rings. The highest BCUT2D eigenvalue weighted by Crippen LogP contribution is 2.14. The van der Waals surface area contributed by atoms with Gasteiger partial charge < -0.3 is 10.5 Å². The molecule has 2 heterocycles. The Morgan fingerprint density at radius 1 is 1.47 bits per heavy atom. The summed E-state index contributed by atoms with van der Waals surface area (Å²) in [7, 11) is 0. The number of ether oxygens (including phenoxy) is 1. The van der Waals surface area contributed by atoms with Crippen LogP contribution in [0.1, 0.15) is 29.2 Å². The van der Waals surface area contributed by atoms with Gasteiger partial charge in [-0.2, -0.15) is 0 Å². The van der Waals surface area contributed by atoms with E-state index < -0.39 is 0 Å². The second kappa shape index (κ2) is 4.40. The number of hydrogen-bond acceptors (Lipinski definition) is 2. The van der Waals surface area contributed by atoms with Crippen LogP contribution in [0.25, 0.3) is 0 Å². The van der Waals surface area contributed by atoms with Crippen molar-refractivity contribution in [1.29, 1.82) is 0 Å². The Balaban J connectivity index is 2.19. The van der Waals surface area contributed by atoms with Crippen LogP contribution >= 0.6 is 0 Å². The van der Waals surface area contributed by atoms with Crippen LogP contribution in [0.5, 0.6) is 0 Å². The lowest BCUT2D eigenvalue weighted by atomic mass is 10.1. The smallest absolute Gasteiger partial charge is 0.254 e. The summed E-state index contributed by atoms with van der Waals surface area (Å²) in [5, 5.41) is 0. The third-order valence-corrected chi connectivity index (χ3v) is 2.72. The van der Waals surface area contributed by atoms with Crippen LogP contribution in [0.15, 0.2) is 24.5 Å². The van der Waals surface area contributed by atoms with Crippen molar-refractivity contribution in [2.45, 2.75) is 18.9 Å². The summed E-state index contributed by atoms with van der Waals surface area (Å²) in [6.45, 7) is 1.58. The van der Waals surface area contributed by atoms with E-state index in [-0.39, 0.29) is 5.91 Å². The van der Waals surface area contributed by atoms with E-state index >= 15 is 0 Å². The number of rotatable bonds is 2. The molecule has 1 amide bonds. The molecule has 4 nitrogen and oxygen atoms in total. The molecule has 1 fully saturated rings. The molecule has 80 valence electrons. The quantitative estimate of drug-likeness (QED) is 0.715. The summed E-state index contributed by atoms with van der Waals surface area (Å²) in [5.41, 5.74) is 5.79. The summed E-state index contributed by atoms with van der Waals surface area (Å²) in [5.74, 6) is -0.378. The molecule has 0 atom stereocenters. The van der Waals surface area contributed by atoms with Gasteiger partial charge in [0.15, 0.2) is 18.4 Å². The van der Waals surface area contributed by atoms with E-state index in [4.69, 9.17) is 10.5 Å². The average Bonchev–Trinajstić information content (AvgIpc) is 2.30. The van der Waals surface area contributed by atoms with Gasteiger partial charge in [0.2, 0.25) is 0 Å². The Bertz CT molecular complexity index is 359. The van der Waals surface area contributed by atoms with E-state index in [2.05, 4.69) is 4.57 Å². The third-order valence-electron chi connectivity index (χ3n) is 2.72. The molecule has 1 aliphatic rings. The molecule has 0 unspecified atom stereocenters. The summed E-state index contributed by atoms with van der Waals surface area (Å²) >= 11 is 0. The number of carbonyl (C=O) groups is 1. The number of aromatic nitrogens is 1. The van der Waals surface area contributed by atoms with Crippen LogP contribution in [-0.2, 0) is 4.74 Å². The molecule has 1 aliphatic heterocycles. The van der Waals surface area contributed by atoms with E-state index in [0.29, 0.717) is 11.6 Å². The maximum atomic E-state index is 11.0. The van der Waals surface area contributed by atoms with Crippen LogP contribution in [0.3, 0.4) is 0 Å². The Kier molecular flexibility index (Phi) is 2.97. The minimum Gasteiger partial charge on any atom is -0.381 e. The van der Waals surface area contributed by atoms with Crippen LogP contribution in [0.4, 0.5) is 0 Å². The van der Waals surface area contributed by atoms with Gasteiger partial charge in [0, 0.05) is 18.9 Å². The first-order chi connectivity index (χ1) is 7.27. The number of pyridine rings is 1. The molecular formula is C11H15N2O2+. The maximum absolute atomic E-state index is 11.0. The van der Waals surface area contributed by atoms with Gasteiger partial charge in [-0.15, -0.1) is 0 Å². The van der Waals surface area contributed by atoms with Gasteiger partial charge >= 0.3 is 0 Å². The Labute approximate surface area is 88.7 Å². The SMILES string of the molecule is NC(=O)c1ccc[n+](C2CCOCC2)c1. The first-order valence-electron chi connectivity index (χ1n) is 5.16. The Morgan fingerprint density at radius 2 is 2.20 bits per heavy atom. The lowest BCUT2D eigenvalue weighted by molar-refractivity contribution is -0.726. The van der Waals surface area contributed by atoms with Crippen LogP contribution in [0, 0.1) is 0 Å². The summed E-state index contributed by atoms with van der Waals surface area (Å²) in [6, 6.07) is 4.02. The van der Waals surface area contributed by atoms with Crippen molar-refractivity contribution in [3.8, 4) is 0 Å². The molecule has 2 N–H and O–H groups in total. The molecule has 0 aromatic carbocycles. The minimum absolute atomic E-state index is 0.378. The zero-order valence-electron chi connectivity index (χ0n) is 8.56. The molecule has 1 saturated heterocycles. The van der Waals surface area contributed by atoms with Crippen molar-refractivity contribution >= 4 is 5.91 Å². The first-order valence-corrected chi connectivity index (χ1v) is 5.16. The lowest BCUT2D eigenvalue weighted by Crippen LogP contribution is -2.42. The predicted molar refractivity (Wildman–Crippen MR) is 54.2 cm³/mol. The zero-order valence-corrected chi connectivity index (χ0v) is 8.56. The highest BCUT2D eigenvalue weighted by molar-refractivity contribution is 5.92. The normalized spacial score (nSPS) is 17.6. The second-order valence-corrected chi connectivity index (χ2v) is 3.75. The zero-order chi connectivity index (χ0) is 10.7. The molecule has 15 heavy (non-hydrogen) atoms. The highest BCUT2D eigenvalue weighted by atomic mass is 16.5. The van der Waals surface area contributed by atoms with E-state index in [9.17, 15) is 4.79 Å². The van der Waals surface area contributed by atoms with Gasteiger partial charge in [-0.25, -0.2) is 4.57 Å². The first kappa shape index (κ1) is 10.1. The van der Waals surface area contributed by atoms with Crippen LogP contribution in [0.2, 0.25) is 0 Å². The topological polar surface area (TPSA) is 56.2 Å². The standard InChI is InChI=1S/C11H14N2O2/c12-11(14)9-2-1-5-13(8-9)10-3-6-15-7-4-10/h1-2,5,8,10H,3-4,6-7H2,(H-,12,14)/p+1. The van der Waals surface area contributed by atoms with Crippen molar-refractivity contribution in [3.63, 3.8) is 0 Å². The largest absolute Gasteiger partial charge is 0.381 e. The molecule has 2 rings (SSSR count). The lowest BCUT2D eigenvalue weighted by Gasteiger charge is -2.17. The number of carbonyl (C=O) groups excluding carboxylic acids is 1. The monoisotopic (exact) mass is 207 g/mol. The molecule has 4 heteroatoms. The number of primary amides is 1. The number of amides is 1. The van der Waals surface area contributed by atoms with Crippen molar-refractivity contribution < 1.29 is 14.1 Å². The Hall–Kier alpha value is -1.42. The van der Waals surface area contributed by atoms with Gasteiger partial charge in [-0.1, -0.05) is 0 Å². The van der Waals surface area contributed by atoms with Gasteiger partial charge in [0.25, 0.3) is 5.91 Å². The summed E-state index contributed by atoms with van der Waals surface area (Å²) in [6.07, 6.45) is 5.78. The number of nitrogens with two attached hydrogens (primary N) is 1. The van der Waals surface area contributed by atoms with Gasteiger partial charge in [0.05, 0.1) is 13.2 Å². The fourth-order valence-corrected chi connectivity index (χ4v) is 1.85. The minimum atomic E-state index is -0.378. The fraction of sp³-hybridized carbons (Fsp3) is 0.455. The van der Waals surface area contributed by atoms with E-state index in [1.165, 1.54) is 0 Å². The van der Waals surface area contributed by atoms with Gasteiger partial charge in [0.1, 0.15) is 5.56 Å². The molecule has 1 aromatic heterocycles. The molecule has 0 saturated carbocycles. The average molecular weight is 207 g/mol. The molecule has 0 bridgehead atoms. The molecular weight excluding hydrogens is 192 g/mol. The fourth-order valence-electron chi connectivity index (χ4n) is 1.85. The summed E-state index contributed by atoms with van der Waals surface area (Å²) < 4.78 is 7.35. The van der Waals surface area contributed by atoms with Crippen molar-refractivity contribution in [1.82, 2.24) is 0 Å². The highest BCUT2D eigenvalue weighted by Gasteiger charge is 2.22. The van der Waals surface area contributed by atoms with Gasteiger partial charge in [-0.05, 0) is 6.07 Å². The van der Waals surface area contributed by atoms with Gasteiger partial charge in [-0.3, -0.25) is 4.79 Å². The van der Waals surface area contributed by atoms with E-state index in [1.54, 1.807) is 6.07 Å².